The number of nitrogens with zero attached hydrogens (tertiary/aromatic N) is 2. The van der Waals surface area contributed by atoms with Crippen molar-refractivity contribution in [3.63, 3.8) is 0 Å². The lowest BCUT2D eigenvalue weighted by Gasteiger charge is -2.31. The fourth-order valence-corrected chi connectivity index (χ4v) is 5.74. The number of nitro groups is 1. The third-order valence-corrected chi connectivity index (χ3v) is 7.95. The van der Waals surface area contributed by atoms with Gasteiger partial charge in [-0.25, -0.2) is 8.42 Å². The van der Waals surface area contributed by atoms with Crippen LogP contribution in [0.1, 0.15) is 50.8 Å². The van der Waals surface area contributed by atoms with Crippen molar-refractivity contribution in [2.75, 3.05) is 13.1 Å². The lowest BCUT2D eigenvalue weighted by molar-refractivity contribution is -0.385. The molecule has 1 heterocycles. The van der Waals surface area contributed by atoms with Crippen molar-refractivity contribution in [1.82, 2.24) is 9.62 Å². The smallest absolute Gasteiger partial charge is 0.270 e. The number of carbonyl (C=O) groups excluding carboxylic acids is 1. The molecule has 1 aliphatic rings. The zero-order valence-electron chi connectivity index (χ0n) is 19.9. The highest BCUT2D eigenvalue weighted by atomic mass is 32.2. The first-order valence-electron chi connectivity index (χ1n) is 11.3. The molecule has 1 unspecified atom stereocenters. The number of benzene rings is 2. The summed E-state index contributed by atoms with van der Waals surface area (Å²) >= 11 is 0. The van der Waals surface area contributed by atoms with Gasteiger partial charge in [-0.15, -0.1) is 0 Å². The molecule has 10 heteroatoms. The van der Waals surface area contributed by atoms with Crippen LogP contribution in [0.2, 0.25) is 0 Å². The highest BCUT2D eigenvalue weighted by molar-refractivity contribution is 7.89. The molecule has 1 fully saturated rings. The second-order valence-corrected chi connectivity index (χ2v) is 10.8. The molecule has 1 N–H and O–H groups in total. The van der Waals surface area contributed by atoms with Crippen LogP contribution in [-0.4, -0.2) is 42.7 Å². The Hall–Kier alpha value is -2.98. The van der Waals surface area contributed by atoms with E-state index in [1.807, 2.05) is 45.0 Å². The van der Waals surface area contributed by atoms with Crippen molar-refractivity contribution in [2.24, 2.45) is 5.92 Å². The lowest BCUT2D eigenvalue weighted by atomic mass is 9.96. The normalized spacial score (nSPS) is 16.3. The number of aryl methyl sites for hydroxylation is 1. The third kappa shape index (κ3) is 5.92. The molecular formula is C24H31N3O6S. The van der Waals surface area contributed by atoms with Gasteiger partial charge < -0.3 is 10.1 Å². The molecule has 2 aromatic rings. The van der Waals surface area contributed by atoms with Crippen molar-refractivity contribution in [3.05, 3.63) is 63.7 Å². The second-order valence-electron chi connectivity index (χ2n) is 8.85. The molecule has 0 spiro atoms. The second kappa shape index (κ2) is 10.5. The van der Waals surface area contributed by atoms with E-state index in [0.29, 0.717) is 18.4 Å². The number of rotatable bonds is 8. The Kier molecular flexibility index (Phi) is 7.93. The summed E-state index contributed by atoms with van der Waals surface area (Å²) in [7, 11) is -3.90. The summed E-state index contributed by atoms with van der Waals surface area (Å²) in [4.78, 5) is 23.3. The minimum Gasteiger partial charge on any atom is -0.491 e. The number of nitrogens with one attached hydrogen (secondary N) is 1. The number of sulfonamides is 1. The van der Waals surface area contributed by atoms with Gasteiger partial charge in [0.05, 0.1) is 22.0 Å². The summed E-state index contributed by atoms with van der Waals surface area (Å²) in [6, 6.07) is 11.2. The van der Waals surface area contributed by atoms with E-state index in [4.69, 9.17) is 4.74 Å². The lowest BCUT2D eigenvalue weighted by Crippen LogP contribution is -2.43. The van der Waals surface area contributed by atoms with E-state index in [1.54, 1.807) is 6.92 Å². The maximum Gasteiger partial charge on any atom is 0.270 e. The molecule has 1 saturated heterocycles. The number of hydrogen-bond donors (Lipinski definition) is 1. The minimum atomic E-state index is -3.90. The van der Waals surface area contributed by atoms with Crippen molar-refractivity contribution < 1.29 is 22.9 Å². The van der Waals surface area contributed by atoms with Crippen LogP contribution >= 0.6 is 0 Å². The standard InChI is InChI=1S/C24H31N3O6S/c1-16(2)33-22-7-5-6-20(14-22)18(4)25-24(28)19-10-12-26(13-11-19)34(31,32)23-15-21(27(29)30)9-8-17(23)3/h5-9,14-16,18-19H,10-13H2,1-4H3,(H,25,28). The van der Waals surface area contributed by atoms with E-state index in [-0.39, 0.29) is 47.6 Å². The molecule has 184 valence electrons. The summed E-state index contributed by atoms with van der Waals surface area (Å²) in [6.07, 6.45) is 0.803. The first-order valence-corrected chi connectivity index (χ1v) is 12.7. The van der Waals surface area contributed by atoms with Crippen LogP contribution in [0.15, 0.2) is 47.4 Å². The maximum absolute atomic E-state index is 13.1. The van der Waals surface area contributed by atoms with Gasteiger partial charge in [-0.2, -0.15) is 4.31 Å². The molecule has 0 bridgehead atoms. The predicted octanol–water partition coefficient (Wildman–Crippen LogP) is 3.97. The van der Waals surface area contributed by atoms with Crippen molar-refractivity contribution in [1.29, 1.82) is 0 Å². The highest BCUT2D eigenvalue weighted by Gasteiger charge is 2.34. The van der Waals surface area contributed by atoms with Gasteiger partial charge in [-0.05, 0) is 63.8 Å². The van der Waals surface area contributed by atoms with Crippen molar-refractivity contribution >= 4 is 21.6 Å². The number of piperidine rings is 1. The van der Waals surface area contributed by atoms with Gasteiger partial charge in [0, 0.05) is 31.1 Å². The van der Waals surface area contributed by atoms with Gasteiger partial charge >= 0.3 is 0 Å². The molecule has 0 saturated carbocycles. The SMILES string of the molecule is Cc1ccc([N+](=O)[O-])cc1S(=O)(=O)N1CCC(C(=O)NC(C)c2cccc(OC(C)C)c2)CC1. The number of ether oxygens (including phenoxy) is 1. The van der Waals surface area contributed by atoms with Gasteiger partial charge in [0.2, 0.25) is 15.9 Å². The Bertz CT molecular complexity index is 1160. The molecule has 1 aliphatic heterocycles. The summed E-state index contributed by atoms with van der Waals surface area (Å²) in [5, 5.41) is 14.1. The Morgan fingerprint density at radius 2 is 1.82 bits per heavy atom. The maximum atomic E-state index is 13.1. The fourth-order valence-electron chi connectivity index (χ4n) is 4.02. The van der Waals surface area contributed by atoms with Crippen LogP contribution in [0.25, 0.3) is 0 Å². The Morgan fingerprint density at radius 3 is 2.44 bits per heavy atom. The van der Waals surface area contributed by atoms with Crippen molar-refractivity contribution in [2.45, 2.75) is 57.6 Å². The molecule has 1 amide bonds. The largest absolute Gasteiger partial charge is 0.491 e. The van der Waals surface area contributed by atoms with Gasteiger partial charge in [0.1, 0.15) is 5.75 Å². The Morgan fingerprint density at radius 1 is 1.15 bits per heavy atom. The van der Waals surface area contributed by atoms with Gasteiger partial charge in [-0.3, -0.25) is 14.9 Å². The molecular weight excluding hydrogens is 458 g/mol. The number of carbonyl (C=O) groups is 1. The molecule has 2 aromatic carbocycles. The summed E-state index contributed by atoms with van der Waals surface area (Å²) in [5.74, 6) is 0.310. The number of hydrogen-bond acceptors (Lipinski definition) is 6. The van der Waals surface area contributed by atoms with Crippen LogP contribution in [0.5, 0.6) is 5.75 Å². The first-order chi connectivity index (χ1) is 16.0. The quantitative estimate of drug-likeness (QED) is 0.443. The summed E-state index contributed by atoms with van der Waals surface area (Å²) in [6.45, 7) is 7.76. The number of amides is 1. The average molecular weight is 490 g/mol. The number of nitro benzene ring substituents is 1. The molecule has 3 rings (SSSR count). The van der Waals surface area contributed by atoms with Gasteiger partial charge in [0.15, 0.2) is 0 Å². The van der Waals surface area contributed by atoms with Crippen molar-refractivity contribution in [3.8, 4) is 5.75 Å². The van der Waals surface area contributed by atoms with Crippen LogP contribution in [0, 0.1) is 23.0 Å². The molecule has 0 radical (unpaired) electrons. The molecule has 9 nitrogen and oxygen atoms in total. The molecule has 0 aliphatic carbocycles. The first kappa shape index (κ1) is 25.6. The van der Waals surface area contributed by atoms with E-state index in [0.717, 1.165) is 17.4 Å². The topological polar surface area (TPSA) is 119 Å². The zero-order valence-corrected chi connectivity index (χ0v) is 20.7. The molecule has 0 aromatic heterocycles. The minimum absolute atomic E-state index is 0.0485. The third-order valence-electron chi connectivity index (χ3n) is 5.91. The summed E-state index contributed by atoms with van der Waals surface area (Å²) in [5.41, 5.74) is 1.10. The van der Waals surface area contributed by atoms with Crippen LogP contribution < -0.4 is 10.1 Å². The van der Waals surface area contributed by atoms with E-state index in [2.05, 4.69) is 5.32 Å². The highest BCUT2D eigenvalue weighted by Crippen LogP contribution is 2.29. The van der Waals surface area contributed by atoms with Crippen LogP contribution in [0.4, 0.5) is 5.69 Å². The van der Waals surface area contributed by atoms with Crippen LogP contribution in [0.3, 0.4) is 0 Å². The number of non-ortho nitro benzene ring substituents is 1. The van der Waals surface area contributed by atoms with E-state index < -0.39 is 14.9 Å². The van der Waals surface area contributed by atoms with E-state index in [9.17, 15) is 23.3 Å². The van der Waals surface area contributed by atoms with Crippen LogP contribution in [-0.2, 0) is 14.8 Å². The summed E-state index contributed by atoms with van der Waals surface area (Å²) < 4.78 is 33.3. The fraction of sp³-hybridized carbons (Fsp3) is 0.458. The van der Waals surface area contributed by atoms with E-state index >= 15 is 0 Å². The zero-order chi connectivity index (χ0) is 25.0. The molecule has 34 heavy (non-hydrogen) atoms. The van der Waals surface area contributed by atoms with Gasteiger partial charge in [0.25, 0.3) is 5.69 Å². The predicted molar refractivity (Wildman–Crippen MR) is 128 cm³/mol. The van der Waals surface area contributed by atoms with Gasteiger partial charge in [-0.1, -0.05) is 18.2 Å². The Labute approximate surface area is 200 Å². The Balaban J connectivity index is 1.63. The molecule has 1 atom stereocenters. The van der Waals surface area contributed by atoms with E-state index in [1.165, 1.54) is 16.4 Å². The monoisotopic (exact) mass is 489 g/mol. The average Bonchev–Trinajstić information content (AvgIpc) is 2.78.